The van der Waals surface area contributed by atoms with Gasteiger partial charge < -0.3 is 5.32 Å². The maximum absolute atomic E-state index is 12.8. The fourth-order valence-corrected chi connectivity index (χ4v) is 5.40. The van der Waals surface area contributed by atoms with Gasteiger partial charge in [-0.05, 0) is 62.8 Å². The van der Waals surface area contributed by atoms with Gasteiger partial charge in [-0.15, -0.1) is 11.8 Å². The molecule has 2 aromatic carbocycles. The van der Waals surface area contributed by atoms with Crippen molar-refractivity contribution in [3.63, 3.8) is 0 Å². The molecular formula is C22H28N2O3S2. The summed E-state index contributed by atoms with van der Waals surface area (Å²) in [5, 5.41) is 3.08. The van der Waals surface area contributed by atoms with Gasteiger partial charge in [-0.2, -0.15) is 4.31 Å². The molecule has 0 aromatic heterocycles. The van der Waals surface area contributed by atoms with E-state index in [1.807, 2.05) is 32.2 Å². The molecule has 1 fully saturated rings. The van der Waals surface area contributed by atoms with E-state index in [4.69, 9.17) is 0 Å². The fraction of sp³-hybridized carbons (Fsp3) is 0.409. The van der Waals surface area contributed by atoms with Gasteiger partial charge in [0.05, 0.1) is 10.9 Å². The first-order chi connectivity index (χ1) is 13.8. The zero-order chi connectivity index (χ0) is 21.0. The van der Waals surface area contributed by atoms with Gasteiger partial charge in [0.15, 0.2) is 0 Å². The normalized spacial score (nSPS) is 17.1. The maximum Gasteiger partial charge on any atom is 0.243 e. The lowest BCUT2D eigenvalue weighted by atomic mass is 9.96. The van der Waals surface area contributed by atoms with Crippen LogP contribution in [0.2, 0.25) is 0 Å². The van der Waals surface area contributed by atoms with E-state index in [9.17, 15) is 13.2 Å². The fourth-order valence-electron chi connectivity index (χ4n) is 3.52. The Hall–Kier alpha value is -1.83. The van der Waals surface area contributed by atoms with Gasteiger partial charge in [0.25, 0.3) is 0 Å². The van der Waals surface area contributed by atoms with Crippen LogP contribution in [0.5, 0.6) is 0 Å². The van der Waals surface area contributed by atoms with Gasteiger partial charge in [-0.25, -0.2) is 8.42 Å². The molecule has 1 heterocycles. The standard InChI is InChI=1S/C22H28N2O3S2/c1-16-4-10-21(11-5-16)29(26,27)24-14-12-19(13-15-24)22(25)23-17(2)18-6-8-20(28-3)9-7-18/h4-11,17,19H,12-15H2,1-3H3,(H,23,25)/t17-/m0/s1. The van der Waals surface area contributed by atoms with E-state index < -0.39 is 10.0 Å². The van der Waals surface area contributed by atoms with Crippen LogP contribution < -0.4 is 5.32 Å². The summed E-state index contributed by atoms with van der Waals surface area (Å²) < 4.78 is 27.1. The third kappa shape index (κ3) is 5.21. The van der Waals surface area contributed by atoms with Gasteiger partial charge in [-0.3, -0.25) is 4.79 Å². The third-order valence-corrected chi connectivity index (χ3v) is 8.11. The molecule has 3 rings (SSSR count). The summed E-state index contributed by atoms with van der Waals surface area (Å²) in [6, 6.07) is 15.0. The summed E-state index contributed by atoms with van der Waals surface area (Å²) in [6.07, 6.45) is 3.11. The number of rotatable bonds is 6. The van der Waals surface area contributed by atoms with Crippen LogP contribution >= 0.6 is 11.8 Å². The highest BCUT2D eigenvalue weighted by atomic mass is 32.2. The Bertz CT molecular complexity index is 933. The second-order valence-electron chi connectivity index (χ2n) is 7.49. The highest BCUT2D eigenvalue weighted by Gasteiger charge is 2.32. The Morgan fingerprint density at radius 2 is 1.66 bits per heavy atom. The second kappa shape index (κ2) is 9.32. The number of nitrogens with one attached hydrogen (secondary N) is 1. The zero-order valence-corrected chi connectivity index (χ0v) is 18.7. The number of thioether (sulfide) groups is 1. The van der Waals surface area contributed by atoms with Gasteiger partial charge in [0, 0.05) is 23.9 Å². The molecule has 0 unspecified atom stereocenters. The minimum atomic E-state index is -3.50. The first-order valence-electron chi connectivity index (χ1n) is 9.82. The van der Waals surface area contributed by atoms with Crippen molar-refractivity contribution < 1.29 is 13.2 Å². The number of aryl methyl sites for hydroxylation is 1. The summed E-state index contributed by atoms with van der Waals surface area (Å²) in [7, 11) is -3.50. The maximum atomic E-state index is 12.8. The summed E-state index contributed by atoms with van der Waals surface area (Å²) in [4.78, 5) is 14.2. The number of nitrogens with zero attached hydrogens (tertiary/aromatic N) is 1. The van der Waals surface area contributed by atoms with Crippen molar-refractivity contribution in [2.75, 3.05) is 19.3 Å². The molecule has 0 radical (unpaired) electrons. The number of carbonyl (C=O) groups is 1. The quantitative estimate of drug-likeness (QED) is 0.701. The number of carbonyl (C=O) groups excluding carboxylic acids is 1. The largest absolute Gasteiger partial charge is 0.349 e. The number of hydrogen-bond acceptors (Lipinski definition) is 4. The predicted octanol–water partition coefficient (Wildman–Crippen LogP) is 4.00. The highest BCUT2D eigenvalue weighted by molar-refractivity contribution is 7.98. The smallest absolute Gasteiger partial charge is 0.243 e. The van der Waals surface area contributed by atoms with E-state index in [0.29, 0.717) is 30.8 Å². The molecule has 0 bridgehead atoms. The average molecular weight is 433 g/mol. The van der Waals surface area contributed by atoms with E-state index in [1.54, 1.807) is 36.0 Å². The van der Waals surface area contributed by atoms with Gasteiger partial charge in [0.1, 0.15) is 0 Å². The molecule has 5 nitrogen and oxygen atoms in total. The Kier molecular flexibility index (Phi) is 7.03. The Balaban J connectivity index is 1.56. The summed E-state index contributed by atoms with van der Waals surface area (Å²) in [6.45, 7) is 4.64. The van der Waals surface area contributed by atoms with Crippen LogP contribution in [0.25, 0.3) is 0 Å². The molecule has 1 atom stereocenters. The topological polar surface area (TPSA) is 66.5 Å². The van der Waals surface area contributed by atoms with Gasteiger partial charge >= 0.3 is 0 Å². The van der Waals surface area contributed by atoms with Crippen molar-refractivity contribution in [2.24, 2.45) is 5.92 Å². The van der Waals surface area contributed by atoms with Crippen LogP contribution in [-0.4, -0.2) is 38.0 Å². The third-order valence-electron chi connectivity index (χ3n) is 5.46. The minimum Gasteiger partial charge on any atom is -0.349 e. The number of sulfonamides is 1. The molecule has 0 aliphatic carbocycles. The minimum absolute atomic E-state index is 0.00109. The number of piperidine rings is 1. The highest BCUT2D eigenvalue weighted by Crippen LogP contribution is 2.25. The molecular weight excluding hydrogens is 404 g/mol. The van der Waals surface area contributed by atoms with Gasteiger partial charge in [0.2, 0.25) is 15.9 Å². The summed E-state index contributed by atoms with van der Waals surface area (Å²) in [5.74, 6) is -0.161. The van der Waals surface area contributed by atoms with Crippen LogP contribution in [0.1, 0.15) is 36.9 Å². The zero-order valence-electron chi connectivity index (χ0n) is 17.1. The van der Waals surface area contributed by atoms with Crippen molar-refractivity contribution in [1.82, 2.24) is 9.62 Å². The van der Waals surface area contributed by atoms with Crippen molar-refractivity contribution >= 4 is 27.7 Å². The molecule has 1 amide bonds. The number of benzene rings is 2. The molecule has 156 valence electrons. The van der Waals surface area contributed by atoms with Crippen molar-refractivity contribution in [2.45, 2.75) is 42.5 Å². The predicted molar refractivity (Wildman–Crippen MR) is 117 cm³/mol. The lowest BCUT2D eigenvalue weighted by molar-refractivity contribution is -0.126. The van der Waals surface area contributed by atoms with E-state index in [-0.39, 0.29) is 17.9 Å². The van der Waals surface area contributed by atoms with Crippen molar-refractivity contribution in [1.29, 1.82) is 0 Å². The molecule has 2 aromatic rings. The molecule has 29 heavy (non-hydrogen) atoms. The van der Waals surface area contributed by atoms with E-state index in [1.165, 1.54) is 9.20 Å². The molecule has 1 N–H and O–H groups in total. The SMILES string of the molecule is CSc1ccc([C@H](C)NC(=O)C2CCN(S(=O)(=O)c3ccc(C)cc3)CC2)cc1. The first kappa shape index (κ1) is 21.9. The van der Waals surface area contributed by atoms with Crippen LogP contribution in [0.15, 0.2) is 58.3 Å². The molecule has 0 spiro atoms. The molecule has 1 saturated heterocycles. The van der Waals surface area contributed by atoms with E-state index in [0.717, 1.165) is 11.1 Å². The number of hydrogen-bond donors (Lipinski definition) is 1. The Labute approximate surface area is 177 Å². The van der Waals surface area contributed by atoms with Crippen molar-refractivity contribution in [3.8, 4) is 0 Å². The Morgan fingerprint density at radius 1 is 1.07 bits per heavy atom. The number of amides is 1. The van der Waals surface area contributed by atoms with Crippen LogP contribution in [0, 0.1) is 12.8 Å². The monoisotopic (exact) mass is 432 g/mol. The van der Waals surface area contributed by atoms with Crippen LogP contribution in [0.4, 0.5) is 0 Å². The first-order valence-corrected chi connectivity index (χ1v) is 12.5. The summed E-state index contributed by atoms with van der Waals surface area (Å²) in [5.41, 5.74) is 2.09. The summed E-state index contributed by atoms with van der Waals surface area (Å²) >= 11 is 1.69. The van der Waals surface area contributed by atoms with Crippen molar-refractivity contribution in [3.05, 3.63) is 59.7 Å². The lowest BCUT2D eigenvalue weighted by Crippen LogP contribution is -2.43. The molecule has 1 aliphatic rings. The van der Waals surface area contributed by atoms with Gasteiger partial charge in [-0.1, -0.05) is 29.8 Å². The van der Waals surface area contributed by atoms with E-state index >= 15 is 0 Å². The average Bonchev–Trinajstić information content (AvgIpc) is 2.74. The molecule has 0 saturated carbocycles. The lowest BCUT2D eigenvalue weighted by Gasteiger charge is -2.31. The molecule has 7 heteroatoms. The van der Waals surface area contributed by atoms with Crippen LogP contribution in [0.3, 0.4) is 0 Å². The van der Waals surface area contributed by atoms with Crippen LogP contribution in [-0.2, 0) is 14.8 Å². The second-order valence-corrected chi connectivity index (χ2v) is 10.3. The van der Waals surface area contributed by atoms with E-state index in [2.05, 4.69) is 17.4 Å². The Morgan fingerprint density at radius 3 is 2.21 bits per heavy atom. The molecule has 1 aliphatic heterocycles.